The third-order valence-electron chi connectivity index (χ3n) is 5.64. The topological polar surface area (TPSA) is 97.3 Å². The van der Waals surface area contributed by atoms with Crippen LogP contribution in [0.15, 0.2) is 24.7 Å². The van der Waals surface area contributed by atoms with Gasteiger partial charge in [0.05, 0.1) is 11.9 Å². The molecule has 2 amide bonds. The predicted octanol–water partition coefficient (Wildman–Crippen LogP) is 3.57. The zero-order valence-corrected chi connectivity index (χ0v) is 18.7. The number of fused-ring (bicyclic) bond motifs is 1. The highest BCUT2D eigenvalue weighted by Gasteiger charge is 2.57. The fourth-order valence-corrected chi connectivity index (χ4v) is 3.98. The van der Waals surface area contributed by atoms with Crippen molar-refractivity contribution in [3.8, 4) is 11.3 Å². The normalized spacial score (nSPS) is 21.7. The van der Waals surface area contributed by atoms with Gasteiger partial charge in [0.2, 0.25) is 11.7 Å². The lowest BCUT2D eigenvalue weighted by Gasteiger charge is -2.29. The van der Waals surface area contributed by atoms with Crippen LogP contribution in [0.5, 0.6) is 0 Å². The molecule has 8 nitrogen and oxygen atoms in total. The number of nitrogens with one attached hydrogen (secondary N) is 1. The SMILES string of the molecule is CC(C)(C)OC(=O)N1C[C@@H]2CC2[C@H]1C(=O)NCc1cc(-c2cnc(C(F)(F)F)nc2)ncc1F. The number of nitrogens with zero attached hydrogens (tertiary/aromatic N) is 4. The van der Waals surface area contributed by atoms with Crippen LogP contribution in [-0.2, 0) is 22.3 Å². The second-order valence-electron chi connectivity index (χ2n) is 9.41. The van der Waals surface area contributed by atoms with Crippen molar-refractivity contribution in [2.24, 2.45) is 11.8 Å². The van der Waals surface area contributed by atoms with E-state index in [1.54, 1.807) is 20.8 Å². The molecule has 2 aromatic heterocycles. The predicted molar refractivity (Wildman–Crippen MR) is 110 cm³/mol. The standard InChI is InChI=1S/C22H23F4N5O3/c1-21(2,3)34-20(33)31-10-12-4-14(12)17(31)18(32)28-6-11-5-16(27-9-15(11)23)13-7-29-19(30-8-13)22(24,25)26/h5,7-9,12,14,17H,4,6,10H2,1-3H3,(H,28,32)/t12-,14?,17-/m0/s1. The van der Waals surface area contributed by atoms with Crippen molar-refractivity contribution >= 4 is 12.0 Å². The van der Waals surface area contributed by atoms with E-state index < -0.39 is 41.5 Å². The molecule has 0 aromatic carbocycles. The van der Waals surface area contributed by atoms with Crippen molar-refractivity contribution in [1.82, 2.24) is 25.2 Å². The summed E-state index contributed by atoms with van der Waals surface area (Å²) in [4.78, 5) is 37.3. The fraction of sp³-hybridized carbons (Fsp3) is 0.500. The van der Waals surface area contributed by atoms with Crippen LogP contribution in [0.1, 0.15) is 38.6 Å². The van der Waals surface area contributed by atoms with Gasteiger partial charge in [0.1, 0.15) is 17.5 Å². The van der Waals surface area contributed by atoms with Gasteiger partial charge in [-0.15, -0.1) is 0 Å². The minimum absolute atomic E-state index is 0.0367. The molecular formula is C22H23F4N5O3. The molecule has 2 aromatic rings. The number of alkyl halides is 3. The molecule has 0 bridgehead atoms. The van der Waals surface area contributed by atoms with Crippen molar-refractivity contribution in [3.05, 3.63) is 41.9 Å². The molecule has 1 saturated carbocycles. The zero-order chi connectivity index (χ0) is 24.8. The molecule has 4 rings (SSSR count). The van der Waals surface area contributed by atoms with Crippen molar-refractivity contribution in [2.75, 3.05) is 6.54 Å². The molecule has 12 heteroatoms. The Morgan fingerprint density at radius 2 is 1.82 bits per heavy atom. The van der Waals surface area contributed by atoms with E-state index in [9.17, 15) is 27.2 Å². The van der Waals surface area contributed by atoms with E-state index in [1.807, 2.05) is 0 Å². The molecule has 1 unspecified atom stereocenters. The van der Waals surface area contributed by atoms with Gasteiger partial charge >= 0.3 is 12.3 Å². The molecule has 182 valence electrons. The summed E-state index contributed by atoms with van der Waals surface area (Å²) in [6, 6.07) is 0.606. The third kappa shape index (κ3) is 5.10. The van der Waals surface area contributed by atoms with Crippen molar-refractivity contribution in [1.29, 1.82) is 0 Å². The van der Waals surface area contributed by atoms with E-state index in [2.05, 4.69) is 20.3 Å². The molecule has 1 aliphatic heterocycles. The maximum Gasteiger partial charge on any atom is 0.451 e. The Morgan fingerprint density at radius 3 is 2.44 bits per heavy atom. The number of carbonyl (C=O) groups excluding carboxylic acids is 2. The number of aromatic nitrogens is 3. The first-order valence-corrected chi connectivity index (χ1v) is 10.6. The minimum atomic E-state index is -4.68. The first-order valence-electron chi connectivity index (χ1n) is 10.6. The van der Waals surface area contributed by atoms with Gasteiger partial charge in [0, 0.05) is 36.6 Å². The maximum absolute atomic E-state index is 14.3. The largest absolute Gasteiger partial charge is 0.451 e. The number of pyridine rings is 1. The second kappa shape index (κ2) is 8.48. The van der Waals surface area contributed by atoms with Crippen molar-refractivity contribution in [3.63, 3.8) is 0 Å². The number of carbonyl (C=O) groups is 2. The second-order valence-corrected chi connectivity index (χ2v) is 9.41. The van der Waals surface area contributed by atoms with Crippen LogP contribution in [0.2, 0.25) is 0 Å². The Hall–Kier alpha value is -3.31. The summed E-state index contributed by atoms with van der Waals surface area (Å²) in [5.41, 5.74) is -0.317. The van der Waals surface area contributed by atoms with Gasteiger partial charge in [-0.25, -0.2) is 19.2 Å². The highest BCUT2D eigenvalue weighted by Crippen LogP contribution is 2.50. The summed E-state index contributed by atoms with van der Waals surface area (Å²) in [7, 11) is 0. The lowest BCUT2D eigenvalue weighted by Crippen LogP contribution is -2.49. The van der Waals surface area contributed by atoms with E-state index in [-0.39, 0.29) is 35.2 Å². The van der Waals surface area contributed by atoms with Crippen LogP contribution in [0.4, 0.5) is 22.4 Å². The molecule has 2 fully saturated rings. The Kier molecular flexibility index (Phi) is 5.94. The average molecular weight is 481 g/mol. The zero-order valence-electron chi connectivity index (χ0n) is 18.7. The molecule has 1 saturated heterocycles. The number of hydrogen-bond acceptors (Lipinski definition) is 6. The Balaban J connectivity index is 1.45. The highest BCUT2D eigenvalue weighted by atomic mass is 19.4. The summed E-state index contributed by atoms with van der Waals surface area (Å²) < 4.78 is 57.7. The van der Waals surface area contributed by atoms with Gasteiger partial charge < -0.3 is 10.1 Å². The van der Waals surface area contributed by atoms with Gasteiger partial charge in [-0.05, 0) is 45.1 Å². The third-order valence-corrected chi connectivity index (χ3v) is 5.64. The van der Waals surface area contributed by atoms with Gasteiger partial charge in [-0.1, -0.05) is 0 Å². The molecule has 1 aliphatic carbocycles. The van der Waals surface area contributed by atoms with E-state index in [4.69, 9.17) is 4.74 Å². The van der Waals surface area contributed by atoms with E-state index >= 15 is 0 Å². The summed E-state index contributed by atoms with van der Waals surface area (Å²) in [6.45, 7) is 5.45. The first-order chi connectivity index (χ1) is 15.8. The number of rotatable bonds is 4. The molecule has 0 radical (unpaired) electrons. The van der Waals surface area contributed by atoms with Crippen LogP contribution in [0.25, 0.3) is 11.3 Å². The number of halogens is 4. The molecule has 34 heavy (non-hydrogen) atoms. The summed E-state index contributed by atoms with van der Waals surface area (Å²) in [5.74, 6) is -2.14. The quantitative estimate of drug-likeness (QED) is 0.671. The number of likely N-dealkylation sites (tertiary alicyclic amines) is 1. The van der Waals surface area contributed by atoms with Crippen molar-refractivity contribution in [2.45, 2.75) is 51.6 Å². The maximum atomic E-state index is 14.3. The lowest BCUT2D eigenvalue weighted by molar-refractivity contribution is -0.145. The highest BCUT2D eigenvalue weighted by molar-refractivity contribution is 5.87. The molecule has 3 heterocycles. The van der Waals surface area contributed by atoms with Crippen LogP contribution >= 0.6 is 0 Å². The number of amides is 2. The Morgan fingerprint density at radius 1 is 1.15 bits per heavy atom. The van der Waals surface area contributed by atoms with Gasteiger partial charge in [-0.3, -0.25) is 14.7 Å². The molecular weight excluding hydrogens is 458 g/mol. The van der Waals surface area contributed by atoms with Gasteiger partial charge in [-0.2, -0.15) is 13.2 Å². The molecule has 3 atom stereocenters. The summed E-state index contributed by atoms with van der Waals surface area (Å²) in [5, 5.41) is 2.66. The number of piperidine rings is 1. The summed E-state index contributed by atoms with van der Waals surface area (Å²) in [6.07, 6.45) is -1.61. The summed E-state index contributed by atoms with van der Waals surface area (Å²) >= 11 is 0. The lowest BCUT2D eigenvalue weighted by atomic mass is 10.1. The Bertz CT molecular complexity index is 1100. The van der Waals surface area contributed by atoms with E-state index in [0.717, 1.165) is 25.0 Å². The van der Waals surface area contributed by atoms with Crippen LogP contribution in [0.3, 0.4) is 0 Å². The van der Waals surface area contributed by atoms with Crippen LogP contribution in [0, 0.1) is 17.7 Å². The molecule has 0 spiro atoms. The number of hydrogen-bond donors (Lipinski definition) is 1. The van der Waals surface area contributed by atoms with Crippen LogP contribution in [-0.4, -0.2) is 50.0 Å². The molecule has 2 aliphatic rings. The fourth-order valence-electron chi connectivity index (χ4n) is 3.98. The Labute approximate surface area is 192 Å². The minimum Gasteiger partial charge on any atom is -0.444 e. The molecule has 1 N–H and O–H groups in total. The smallest absolute Gasteiger partial charge is 0.444 e. The van der Waals surface area contributed by atoms with Gasteiger partial charge in [0.25, 0.3) is 0 Å². The van der Waals surface area contributed by atoms with Crippen molar-refractivity contribution < 1.29 is 31.9 Å². The van der Waals surface area contributed by atoms with E-state index in [0.29, 0.717) is 6.54 Å². The van der Waals surface area contributed by atoms with Crippen LogP contribution < -0.4 is 5.32 Å². The van der Waals surface area contributed by atoms with Gasteiger partial charge in [0.15, 0.2) is 0 Å². The monoisotopic (exact) mass is 481 g/mol. The average Bonchev–Trinajstić information content (AvgIpc) is 3.40. The number of ether oxygens (including phenoxy) is 1. The van der Waals surface area contributed by atoms with E-state index in [1.165, 1.54) is 11.0 Å². The first kappa shape index (κ1) is 23.8.